The first-order chi connectivity index (χ1) is 16.0. The molecule has 0 unspecified atom stereocenters. The second-order valence-corrected chi connectivity index (χ2v) is 7.36. The molecule has 2 rings (SSSR count). The van der Waals surface area contributed by atoms with Gasteiger partial charge in [-0.3, -0.25) is 0 Å². The van der Waals surface area contributed by atoms with Crippen LogP contribution in [0, 0.1) is 0 Å². The second-order valence-electron chi connectivity index (χ2n) is 7.36. The van der Waals surface area contributed by atoms with Gasteiger partial charge in [0.2, 0.25) is 6.79 Å². The Bertz CT molecular complexity index is 901. The highest BCUT2D eigenvalue weighted by atomic mass is 16.8. The molecule has 0 saturated heterocycles. The van der Waals surface area contributed by atoms with Crippen molar-refractivity contribution in [3.05, 3.63) is 72.3 Å². The molecule has 0 saturated carbocycles. The molecule has 2 aromatic rings. The number of hydrogen-bond acceptors (Lipinski definition) is 7. The summed E-state index contributed by atoms with van der Waals surface area (Å²) in [4.78, 5) is 34.8. The number of rotatable bonds is 13. The number of benzene rings is 2. The van der Waals surface area contributed by atoms with Gasteiger partial charge in [-0.25, -0.2) is 14.4 Å². The quantitative estimate of drug-likeness (QED) is 0.0914. The fourth-order valence-electron chi connectivity index (χ4n) is 2.98. The predicted octanol–water partition coefficient (Wildman–Crippen LogP) is 6.01. The smallest absolute Gasteiger partial charge is 0.425 e. The molecule has 33 heavy (non-hydrogen) atoms. The Morgan fingerprint density at radius 1 is 0.788 bits per heavy atom. The van der Waals surface area contributed by atoms with Crippen molar-refractivity contribution in [1.29, 1.82) is 0 Å². The van der Waals surface area contributed by atoms with Crippen molar-refractivity contribution >= 4 is 18.1 Å². The van der Waals surface area contributed by atoms with Gasteiger partial charge < -0.3 is 18.9 Å². The molecule has 7 heteroatoms. The number of unbranched alkanes of at least 4 members (excludes halogenated alkanes) is 5. The van der Waals surface area contributed by atoms with E-state index in [1.165, 1.54) is 61.9 Å². The van der Waals surface area contributed by atoms with E-state index < -0.39 is 24.9 Å². The average molecular weight is 455 g/mol. The molecule has 0 aliphatic heterocycles. The van der Waals surface area contributed by atoms with E-state index in [2.05, 4.69) is 23.0 Å². The van der Waals surface area contributed by atoms with Crippen LogP contribution in [0.25, 0.3) is 0 Å². The topological polar surface area (TPSA) is 88.1 Å². The summed E-state index contributed by atoms with van der Waals surface area (Å²) in [6.45, 7) is 4.84. The first kappa shape index (κ1) is 25.6. The lowest BCUT2D eigenvalue weighted by atomic mass is 10.0. The summed E-state index contributed by atoms with van der Waals surface area (Å²) >= 11 is 0. The summed E-state index contributed by atoms with van der Waals surface area (Å²) < 4.78 is 19.4. The van der Waals surface area contributed by atoms with Gasteiger partial charge in [-0.2, -0.15) is 0 Å². The van der Waals surface area contributed by atoms with Crippen molar-refractivity contribution in [2.24, 2.45) is 0 Å². The number of aryl methyl sites for hydroxylation is 1. The molecular weight excluding hydrogens is 424 g/mol. The molecule has 0 radical (unpaired) electrons. The van der Waals surface area contributed by atoms with Crippen LogP contribution in [0.15, 0.2) is 61.2 Å². The predicted molar refractivity (Wildman–Crippen MR) is 123 cm³/mol. The zero-order valence-electron chi connectivity index (χ0n) is 18.9. The van der Waals surface area contributed by atoms with Crippen molar-refractivity contribution < 1.29 is 33.3 Å². The molecule has 0 amide bonds. The molecule has 0 aliphatic rings. The summed E-state index contributed by atoms with van der Waals surface area (Å²) in [6.07, 6.45) is 8.43. The van der Waals surface area contributed by atoms with E-state index >= 15 is 0 Å². The monoisotopic (exact) mass is 454 g/mol. The van der Waals surface area contributed by atoms with E-state index in [0.29, 0.717) is 11.3 Å². The van der Waals surface area contributed by atoms with Crippen molar-refractivity contribution in [2.45, 2.75) is 51.9 Å². The Morgan fingerprint density at radius 2 is 1.39 bits per heavy atom. The van der Waals surface area contributed by atoms with E-state index in [-0.39, 0.29) is 5.75 Å². The molecule has 0 spiro atoms. The van der Waals surface area contributed by atoms with Crippen LogP contribution in [0.1, 0.15) is 61.4 Å². The van der Waals surface area contributed by atoms with Crippen LogP contribution in [0.4, 0.5) is 4.79 Å². The SMILES string of the molecule is C=CC(=O)OCOC(=O)Oc1ccc(C(=O)Oc2ccc(CCCCCCCC)cc2)cc1. The average Bonchev–Trinajstić information content (AvgIpc) is 2.82. The van der Waals surface area contributed by atoms with Crippen LogP contribution in [-0.4, -0.2) is 24.9 Å². The lowest BCUT2D eigenvalue weighted by molar-refractivity contribution is -0.146. The molecule has 0 aliphatic carbocycles. The number of hydrogen-bond donors (Lipinski definition) is 0. The van der Waals surface area contributed by atoms with Gasteiger partial charge >= 0.3 is 18.1 Å². The zero-order chi connectivity index (χ0) is 23.9. The number of ether oxygens (including phenoxy) is 4. The van der Waals surface area contributed by atoms with Crippen LogP contribution in [0.5, 0.6) is 11.5 Å². The van der Waals surface area contributed by atoms with Gasteiger partial charge in [0.15, 0.2) is 0 Å². The molecule has 7 nitrogen and oxygen atoms in total. The van der Waals surface area contributed by atoms with Crippen LogP contribution in [0.2, 0.25) is 0 Å². The summed E-state index contributed by atoms with van der Waals surface area (Å²) in [5, 5.41) is 0. The third-order valence-corrected chi connectivity index (χ3v) is 4.79. The summed E-state index contributed by atoms with van der Waals surface area (Å²) in [6, 6.07) is 13.3. The van der Waals surface area contributed by atoms with Gasteiger partial charge in [-0.1, -0.05) is 57.7 Å². The molecule has 0 aromatic heterocycles. The highest BCUT2D eigenvalue weighted by Crippen LogP contribution is 2.18. The van der Waals surface area contributed by atoms with Crippen LogP contribution in [0.3, 0.4) is 0 Å². The minimum absolute atomic E-state index is 0.158. The molecule has 0 N–H and O–H groups in total. The van der Waals surface area contributed by atoms with E-state index in [0.717, 1.165) is 18.9 Å². The third kappa shape index (κ3) is 10.0. The summed E-state index contributed by atoms with van der Waals surface area (Å²) in [5.41, 5.74) is 1.52. The van der Waals surface area contributed by atoms with Crippen molar-refractivity contribution in [3.63, 3.8) is 0 Å². The molecular formula is C26H30O7. The van der Waals surface area contributed by atoms with Crippen LogP contribution in [-0.2, 0) is 20.7 Å². The fourth-order valence-corrected chi connectivity index (χ4v) is 2.98. The Hall–Kier alpha value is -3.61. The lowest BCUT2D eigenvalue weighted by Gasteiger charge is -2.08. The Morgan fingerprint density at radius 3 is 2.06 bits per heavy atom. The van der Waals surface area contributed by atoms with Crippen molar-refractivity contribution in [1.82, 2.24) is 0 Å². The maximum Gasteiger partial charge on any atom is 0.516 e. The van der Waals surface area contributed by atoms with Gasteiger partial charge in [-0.05, 0) is 54.8 Å². The second kappa shape index (κ2) is 14.5. The lowest BCUT2D eigenvalue weighted by Crippen LogP contribution is -2.15. The van der Waals surface area contributed by atoms with E-state index in [1.54, 1.807) is 12.1 Å². The first-order valence-corrected chi connectivity index (χ1v) is 11.1. The van der Waals surface area contributed by atoms with E-state index in [4.69, 9.17) is 9.47 Å². The van der Waals surface area contributed by atoms with Crippen molar-refractivity contribution in [2.75, 3.05) is 6.79 Å². The molecule has 176 valence electrons. The number of carbonyl (C=O) groups is 3. The molecule has 2 aromatic carbocycles. The van der Waals surface area contributed by atoms with Gasteiger partial charge in [0.1, 0.15) is 11.5 Å². The maximum atomic E-state index is 12.4. The largest absolute Gasteiger partial charge is 0.516 e. The van der Waals surface area contributed by atoms with Crippen LogP contribution < -0.4 is 9.47 Å². The summed E-state index contributed by atoms with van der Waals surface area (Å²) in [5.74, 6) is -0.627. The van der Waals surface area contributed by atoms with Gasteiger partial charge in [0.25, 0.3) is 0 Å². The summed E-state index contributed by atoms with van der Waals surface area (Å²) in [7, 11) is 0. The number of esters is 2. The van der Waals surface area contributed by atoms with Gasteiger partial charge in [0, 0.05) is 6.08 Å². The van der Waals surface area contributed by atoms with Crippen molar-refractivity contribution in [3.8, 4) is 11.5 Å². The molecule has 0 fully saturated rings. The Kier molecular flexibility index (Phi) is 11.2. The minimum Gasteiger partial charge on any atom is -0.425 e. The minimum atomic E-state index is -1.05. The molecule has 0 heterocycles. The molecule has 0 atom stereocenters. The third-order valence-electron chi connectivity index (χ3n) is 4.79. The van der Waals surface area contributed by atoms with Gasteiger partial charge in [0.05, 0.1) is 5.56 Å². The van der Waals surface area contributed by atoms with Gasteiger partial charge in [-0.15, -0.1) is 0 Å². The highest BCUT2D eigenvalue weighted by Gasteiger charge is 2.11. The fraction of sp³-hybridized carbons (Fsp3) is 0.346. The highest BCUT2D eigenvalue weighted by molar-refractivity contribution is 5.91. The van der Waals surface area contributed by atoms with E-state index in [1.807, 2.05) is 12.1 Å². The first-order valence-electron chi connectivity index (χ1n) is 11.1. The normalized spacial score (nSPS) is 10.2. The van der Waals surface area contributed by atoms with E-state index in [9.17, 15) is 14.4 Å². The zero-order valence-corrected chi connectivity index (χ0v) is 18.9. The Labute approximate surface area is 194 Å². The number of carbonyl (C=O) groups excluding carboxylic acids is 3. The Balaban J connectivity index is 1.75. The maximum absolute atomic E-state index is 12.4. The molecule has 0 bridgehead atoms. The standard InChI is InChI=1S/C26H30O7/c1-3-5-6-7-8-9-10-20-11-15-22(16-12-20)32-25(28)21-13-17-23(18-14-21)33-26(29)31-19-30-24(27)4-2/h4,11-18H,2-3,5-10,19H2,1H3. The van der Waals surface area contributed by atoms with Crippen LogP contribution >= 0.6 is 0 Å².